The normalized spacial score (nSPS) is 11.3. The van der Waals surface area contributed by atoms with E-state index in [1.807, 2.05) is 0 Å². The molecule has 2 aromatic rings. The van der Waals surface area contributed by atoms with Gasteiger partial charge in [0.2, 0.25) is 5.91 Å². The van der Waals surface area contributed by atoms with E-state index in [1.165, 1.54) is 18.2 Å². The third-order valence-electron chi connectivity index (χ3n) is 3.03. The zero-order valence-corrected chi connectivity index (χ0v) is 12.7. The van der Waals surface area contributed by atoms with Crippen molar-refractivity contribution in [2.24, 2.45) is 0 Å². The molecule has 2 rings (SSSR count). The molecule has 7 heteroatoms. The van der Waals surface area contributed by atoms with Crippen molar-refractivity contribution in [3.8, 4) is 0 Å². The number of hydrogen-bond donors (Lipinski definition) is 2. The lowest BCUT2D eigenvalue weighted by Crippen LogP contribution is -2.28. The van der Waals surface area contributed by atoms with Gasteiger partial charge in [0, 0.05) is 11.6 Å². The summed E-state index contributed by atoms with van der Waals surface area (Å²) in [6, 6.07) is 11.9. The van der Waals surface area contributed by atoms with Gasteiger partial charge in [-0.25, -0.2) is 0 Å². The second-order valence-electron chi connectivity index (χ2n) is 4.82. The van der Waals surface area contributed by atoms with Crippen LogP contribution in [0.5, 0.6) is 0 Å². The Morgan fingerprint density at radius 3 is 2.35 bits per heavy atom. The van der Waals surface area contributed by atoms with Crippen molar-refractivity contribution in [2.75, 3.05) is 11.9 Å². The zero-order chi connectivity index (χ0) is 16.9. The minimum absolute atomic E-state index is 0.102. The number of benzene rings is 2. The Morgan fingerprint density at radius 2 is 1.70 bits per heavy atom. The third kappa shape index (κ3) is 5.26. The average Bonchev–Trinajstić information content (AvgIpc) is 2.49. The molecule has 3 nitrogen and oxygen atoms in total. The Kier molecular flexibility index (Phi) is 5.63. The third-order valence-corrected chi connectivity index (χ3v) is 3.29. The minimum Gasteiger partial charge on any atom is -0.324 e. The van der Waals surface area contributed by atoms with Gasteiger partial charge in [0.25, 0.3) is 0 Å². The van der Waals surface area contributed by atoms with Crippen molar-refractivity contribution in [1.29, 1.82) is 0 Å². The molecule has 122 valence electrons. The second-order valence-corrected chi connectivity index (χ2v) is 5.26. The maximum absolute atomic E-state index is 12.8. The fourth-order valence-electron chi connectivity index (χ4n) is 1.96. The first-order valence-corrected chi connectivity index (χ1v) is 7.15. The summed E-state index contributed by atoms with van der Waals surface area (Å²) in [6.07, 6.45) is -4.51. The van der Waals surface area contributed by atoms with E-state index in [-0.39, 0.29) is 12.2 Å². The van der Waals surface area contributed by atoms with Crippen LogP contribution in [0.1, 0.15) is 11.1 Å². The fraction of sp³-hybridized carbons (Fsp3) is 0.188. The van der Waals surface area contributed by atoms with Gasteiger partial charge in [-0.15, -0.1) is 0 Å². The van der Waals surface area contributed by atoms with E-state index in [0.717, 1.165) is 11.6 Å². The number of rotatable bonds is 5. The largest absolute Gasteiger partial charge is 0.418 e. The summed E-state index contributed by atoms with van der Waals surface area (Å²) >= 11 is 5.76. The molecule has 0 unspecified atom stereocenters. The first-order valence-electron chi connectivity index (χ1n) is 6.77. The van der Waals surface area contributed by atoms with Gasteiger partial charge < -0.3 is 10.6 Å². The van der Waals surface area contributed by atoms with Gasteiger partial charge in [0.05, 0.1) is 17.8 Å². The van der Waals surface area contributed by atoms with Gasteiger partial charge in [-0.2, -0.15) is 13.2 Å². The molecular weight excluding hydrogens is 329 g/mol. The molecule has 0 aliphatic heterocycles. The van der Waals surface area contributed by atoms with Crippen LogP contribution in [0, 0.1) is 0 Å². The monoisotopic (exact) mass is 342 g/mol. The van der Waals surface area contributed by atoms with Crippen LogP contribution in [-0.2, 0) is 17.5 Å². The van der Waals surface area contributed by atoms with E-state index in [0.29, 0.717) is 11.6 Å². The number of carbonyl (C=O) groups excluding carboxylic acids is 1. The first kappa shape index (κ1) is 17.3. The molecule has 2 N–H and O–H groups in total. The lowest BCUT2D eigenvalue weighted by Gasteiger charge is -2.13. The highest BCUT2D eigenvalue weighted by Crippen LogP contribution is 2.34. The highest BCUT2D eigenvalue weighted by atomic mass is 35.5. The van der Waals surface area contributed by atoms with Crippen molar-refractivity contribution >= 4 is 23.2 Å². The number of para-hydroxylation sites is 1. The molecular formula is C16H14ClF3N2O. The lowest BCUT2D eigenvalue weighted by molar-refractivity contribution is -0.137. The summed E-state index contributed by atoms with van der Waals surface area (Å²) in [6.45, 7) is 0.306. The zero-order valence-electron chi connectivity index (χ0n) is 12.0. The van der Waals surface area contributed by atoms with Crippen molar-refractivity contribution < 1.29 is 18.0 Å². The molecule has 23 heavy (non-hydrogen) atoms. The SMILES string of the molecule is O=C(CNCc1ccc(Cl)cc1)Nc1ccccc1C(F)(F)F. The molecule has 0 aliphatic carbocycles. The van der Waals surface area contributed by atoms with Crippen LogP contribution in [0.15, 0.2) is 48.5 Å². The van der Waals surface area contributed by atoms with Crippen molar-refractivity contribution in [2.45, 2.75) is 12.7 Å². The quantitative estimate of drug-likeness (QED) is 0.859. The van der Waals surface area contributed by atoms with Crippen molar-refractivity contribution in [3.05, 3.63) is 64.7 Å². The Balaban J connectivity index is 1.89. The molecule has 0 heterocycles. The Hall–Kier alpha value is -2.05. The van der Waals surface area contributed by atoms with Crippen LogP contribution in [0.2, 0.25) is 5.02 Å². The summed E-state index contributed by atoms with van der Waals surface area (Å²) in [5.74, 6) is -0.546. The van der Waals surface area contributed by atoms with Crippen LogP contribution < -0.4 is 10.6 Å². The lowest BCUT2D eigenvalue weighted by atomic mass is 10.1. The molecule has 0 saturated heterocycles. The van der Waals surface area contributed by atoms with Gasteiger partial charge in [-0.1, -0.05) is 35.9 Å². The van der Waals surface area contributed by atoms with Crippen LogP contribution in [0.3, 0.4) is 0 Å². The van der Waals surface area contributed by atoms with E-state index in [1.54, 1.807) is 24.3 Å². The van der Waals surface area contributed by atoms with Crippen LogP contribution in [0.25, 0.3) is 0 Å². The minimum atomic E-state index is -4.51. The number of nitrogens with one attached hydrogen (secondary N) is 2. The van der Waals surface area contributed by atoms with Crippen LogP contribution >= 0.6 is 11.6 Å². The van der Waals surface area contributed by atoms with Crippen LogP contribution in [0.4, 0.5) is 18.9 Å². The van der Waals surface area contributed by atoms with Gasteiger partial charge in [-0.3, -0.25) is 4.79 Å². The maximum Gasteiger partial charge on any atom is 0.418 e. The summed E-state index contributed by atoms with van der Waals surface area (Å²) in [5.41, 5.74) is -0.206. The smallest absolute Gasteiger partial charge is 0.324 e. The fourth-order valence-corrected chi connectivity index (χ4v) is 2.08. The summed E-state index contributed by atoms with van der Waals surface area (Å²) in [5, 5.41) is 5.74. The second kappa shape index (κ2) is 7.48. The molecule has 0 aliphatic rings. The van der Waals surface area contributed by atoms with Crippen molar-refractivity contribution in [1.82, 2.24) is 5.32 Å². The predicted octanol–water partition coefficient (Wildman–Crippen LogP) is 4.09. The molecule has 0 radical (unpaired) electrons. The van der Waals surface area contributed by atoms with E-state index >= 15 is 0 Å². The Bertz CT molecular complexity index is 672. The molecule has 0 aromatic heterocycles. The van der Waals surface area contributed by atoms with Gasteiger partial charge >= 0.3 is 6.18 Å². The predicted molar refractivity (Wildman–Crippen MR) is 83.2 cm³/mol. The summed E-state index contributed by atoms with van der Waals surface area (Å²) < 4.78 is 38.5. The Labute approximate surface area is 136 Å². The maximum atomic E-state index is 12.8. The standard InChI is InChI=1S/C16H14ClF3N2O/c17-12-7-5-11(6-8-12)9-21-10-15(23)22-14-4-2-1-3-13(14)16(18,19)20/h1-8,21H,9-10H2,(H,22,23). The van der Waals surface area contributed by atoms with Gasteiger partial charge in [0.15, 0.2) is 0 Å². The molecule has 0 saturated carbocycles. The van der Waals surface area contributed by atoms with E-state index < -0.39 is 17.6 Å². The topological polar surface area (TPSA) is 41.1 Å². The average molecular weight is 343 g/mol. The highest BCUT2D eigenvalue weighted by Gasteiger charge is 2.33. The number of amides is 1. The molecule has 0 fully saturated rings. The van der Waals surface area contributed by atoms with E-state index in [4.69, 9.17) is 11.6 Å². The van der Waals surface area contributed by atoms with Gasteiger partial charge in [-0.05, 0) is 29.8 Å². The number of carbonyl (C=O) groups is 1. The van der Waals surface area contributed by atoms with E-state index in [2.05, 4.69) is 10.6 Å². The number of anilines is 1. The number of alkyl halides is 3. The van der Waals surface area contributed by atoms with E-state index in [9.17, 15) is 18.0 Å². The first-order chi connectivity index (χ1) is 10.9. The summed E-state index contributed by atoms with van der Waals surface area (Å²) in [7, 11) is 0. The molecule has 0 spiro atoms. The molecule has 2 aromatic carbocycles. The van der Waals surface area contributed by atoms with Crippen LogP contribution in [-0.4, -0.2) is 12.5 Å². The number of halogens is 4. The summed E-state index contributed by atoms with van der Waals surface area (Å²) in [4.78, 5) is 11.8. The molecule has 0 atom stereocenters. The Morgan fingerprint density at radius 1 is 1.04 bits per heavy atom. The molecule has 1 amide bonds. The van der Waals surface area contributed by atoms with Gasteiger partial charge in [0.1, 0.15) is 0 Å². The van der Waals surface area contributed by atoms with Crippen molar-refractivity contribution in [3.63, 3.8) is 0 Å². The number of hydrogen-bond acceptors (Lipinski definition) is 2. The highest BCUT2D eigenvalue weighted by molar-refractivity contribution is 6.30. The molecule has 0 bridgehead atoms.